The zero-order valence-electron chi connectivity index (χ0n) is 13.7. The molecule has 1 N–H and O–H groups in total. The van der Waals surface area contributed by atoms with Crippen LogP contribution in [0.4, 0.5) is 5.82 Å². The molecule has 0 saturated heterocycles. The van der Waals surface area contributed by atoms with Crippen LogP contribution in [0, 0.1) is 0 Å². The number of carbonyl (C=O) groups is 1. The lowest BCUT2D eigenvalue weighted by Gasteiger charge is -2.19. The first-order chi connectivity index (χ1) is 12.3. The van der Waals surface area contributed by atoms with Crippen LogP contribution in [0.3, 0.4) is 0 Å². The summed E-state index contributed by atoms with van der Waals surface area (Å²) in [5.41, 5.74) is 0.819. The molecule has 0 aliphatic heterocycles. The highest BCUT2D eigenvalue weighted by molar-refractivity contribution is 5.95. The molecule has 1 aliphatic rings. The van der Waals surface area contributed by atoms with E-state index < -0.39 is 6.04 Å². The molecule has 1 unspecified atom stereocenters. The van der Waals surface area contributed by atoms with Gasteiger partial charge in [0.2, 0.25) is 0 Å². The van der Waals surface area contributed by atoms with Crippen molar-refractivity contribution in [2.75, 3.05) is 5.32 Å². The standard InChI is InChI=1S/C17H19N7O/c25-17(20-15-10-11-19-24(15)14-8-4-5-9-14)16(23-12-18-21-22-23)13-6-2-1-3-7-13/h1-3,6-7,10-12,14,16H,4-5,8-9H2,(H,20,25). The summed E-state index contributed by atoms with van der Waals surface area (Å²) < 4.78 is 3.38. The summed E-state index contributed by atoms with van der Waals surface area (Å²) in [5, 5.41) is 18.6. The predicted molar refractivity (Wildman–Crippen MR) is 90.8 cm³/mol. The lowest BCUT2D eigenvalue weighted by molar-refractivity contribution is -0.118. The highest BCUT2D eigenvalue weighted by Gasteiger charge is 2.26. The van der Waals surface area contributed by atoms with Crippen LogP contribution in [0.15, 0.2) is 48.9 Å². The van der Waals surface area contributed by atoms with E-state index in [9.17, 15) is 4.79 Å². The van der Waals surface area contributed by atoms with Gasteiger partial charge in [-0.1, -0.05) is 43.2 Å². The number of aromatic nitrogens is 6. The van der Waals surface area contributed by atoms with Gasteiger partial charge in [-0.05, 0) is 28.8 Å². The van der Waals surface area contributed by atoms with Gasteiger partial charge in [0.1, 0.15) is 12.1 Å². The lowest BCUT2D eigenvalue weighted by Crippen LogP contribution is -2.29. The maximum Gasteiger partial charge on any atom is 0.255 e. The van der Waals surface area contributed by atoms with E-state index in [1.807, 2.05) is 41.1 Å². The number of nitrogens with zero attached hydrogens (tertiary/aromatic N) is 6. The second-order valence-corrected chi connectivity index (χ2v) is 6.19. The minimum absolute atomic E-state index is 0.196. The minimum atomic E-state index is -0.636. The summed E-state index contributed by atoms with van der Waals surface area (Å²) >= 11 is 0. The molecule has 128 valence electrons. The van der Waals surface area contributed by atoms with Gasteiger partial charge in [0.05, 0.1) is 12.2 Å². The van der Waals surface area contributed by atoms with Crippen LogP contribution < -0.4 is 5.32 Å². The van der Waals surface area contributed by atoms with Gasteiger partial charge in [0.15, 0.2) is 6.04 Å². The van der Waals surface area contributed by atoms with Crippen molar-refractivity contribution < 1.29 is 4.79 Å². The van der Waals surface area contributed by atoms with Crippen molar-refractivity contribution in [2.45, 2.75) is 37.8 Å². The van der Waals surface area contributed by atoms with E-state index in [0.717, 1.165) is 18.4 Å². The van der Waals surface area contributed by atoms with Crippen LogP contribution in [0.1, 0.15) is 43.3 Å². The number of rotatable bonds is 5. The summed E-state index contributed by atoms with van der Waals surface area (Å²) in [6, 6.07) is 11.0. The van der Waals surface area contributed by atoms with Crippen molar-refractivity contribution >= 4 is 11.7 Å². The molecule has 1 aliphatic carbocycles. The molecule has 25 heavy (non-hydrogen) atoms. The van der Waals surface area contributed by atoms with E-state index >= 15 is 0 Å². The van der Waals surface area contributed by atoms with Crippen molar-refractivity contribution in [1.82, 2.24) is 30.0 Å². The third-order valence-corrected chi connectivity index (χ3v) is 4.59. The zero-order chi connectivity index (χ0) is 17.1. The van der Waals surface area contributed by atoms with Gasteiger partial charge in [-0.3, -0.25) is 4.79 Å². The quantitative estimate of drug-likeness (QED) is 0.771. The Balaban J connectivity index is 1.61. The molecular weight excluding hydrogens is 318 g/mol. The van der Waals surface area contributed by atoms with Crippen molar-refractivity contribution in [2.24, 2.45) is 0 Å². The second-order valence-electron chi connectivity index (χ2n) is 6.19. The Hall–Kier alpha value is -3.03. The molecule has 1 saturated carbocycles. The summed E-state index contributed by atoms with van der Waals surface area (Å²) in [4.78, 5) is 13.0. The number of benzene rings is 1. The molecule has 0 bridgehead atoms. The highest BCUT2D eigenvalue weighted by atomic mass is 16.2. The van der Waals surface area contributed by atoms with Crippen molar-refractivity contribution in [3.63, 3.8) is 0 Å². The Labute approximate surface area is 144 Å². The zero-order valence-corrected chi connectivity index (χ0v) is 13.7. The summed E-state index contributed by atoms with van der Waals surface area (Å²) in [5.74, 6) is 0.518. The average molecular weight is 337 g/mol. The molecule has 2 heterocycles. The molecule has 1 fully saturated rings. The number of amides is 1. The smallest absolute Gasteiger partial charge is 0.255 e. The van der Waals surface area contributed by atoms with Gasteiger partial charge in [-0.2, -0.15) is 5.10 Å². The minimum Gasteiger partial charge on any atom is -0.309 e. The number of anilines is 1. The van der Waals surface area contributed by atoms with Gasteiger partial charge in [-0.15, -0.1) is 5.10 Å². The fourth-order valence-electron chi connectivity index (χ4n) is 3.39. The largest absolute Gasteiger partial charge is 0.309 e. The van der Waals surface area contributed by atoms with Crippen LogP contribution >= 0.6 is 0 Å². The second kappa shape index (κ2) is 6.84. The number of nitrogens with one attached hydrogen (secondary N) is 1. The molecule has 1 aromatic carbocycles. The molecule has 8 heteroatoms. The molecular formula is C17H19N7O. The van der Waals surface area contributed by atoms with Crippen LogP contribution in [0.25, 0.3) is 0 Å². The Kier molecular flexibility index (Phi) is 4.24. The van der Waals surface area contributed by atoms with Crippen molar-refractivity contribution in [3.05, 3.63) is 54.5 Å². The first-order valence-electron chi connectivity index (χ1n) is 8.45. The maximum atomic E-state index is 13.0. The van der Waals surface area contributed by atoms with E-state index in [-0.39, 0.29) is 5.91 Å². The molecule has 1 amide bonds. The van der Waals surface area contributed by atoms with Crippen molar-refractivity contribution in [1.29, 1.82) is 0 Å². The monoisotopic (exact) mass is 337 g/mol. The van der Waals surface area contributed by atoms with Gasteiger partial charge < -0.3 is 5.32 Å². The summed E-state index contributed by atoms with van der Waals surface area (Å²) in [6.45, 7) is 0. The van der Waals surface area contributed by atoms with Gasteiger partial charge >= 0.3 is 0 Å². The highest BCUT2D eigenvalue weighted by Crippen LogP contribution is 2.31. The van der Waals surface area contributed by atoms with E-state index in [4.69, 9.17) is 0 Å². The number of hydrogen-bond donors (Lipinski definition) is 1. The van der Waals surface area contributed by atoms with Crippen LogP contribution in [-0.2, 0) is 4.79 Å². The predicted octanol–water partition coefficient (Wildman–Crippen LogP) is 2.21. The fraction of sp³-hybridized carbons (Fsp3) is 0.353. The van der Waals surface area contributed by atoms with Crippen LogP contribution in [0.5, 0.6) is 0 Å². The third kappa shape index (κ3) is 3.15. The number of tetrazole rings is 1. The van der Waals surface area contributed by atoms with Gasteiger partial charge in [0.25, 0.3) is 5.91 Å². The van der Waals surface area contributed by atoms with Gasteiger partial charge in [-0.25, -0.2) is 9.36 Å². The summed E-state index contributed by atoms with van der Waals surface area (Å²) in [6.07, 6.45) is 7.78. The van der Waals surface area contributed by atoms with E-state index in [0.29, 0.717) is 11.9 Å². The molecule has 4 rings (SSSR count). The Morgan fingerprint density at radius 1 is 1.16 bits per heavy atom. The number of carbonyl (C=O) groups excluding carboxylic acids is 1. The fourth-order valence-corrected chi connectivity index (χ4v) is 3.39. The topological polar surface area (TPSA) is 90.5 Å². The molecule has 3 aromatic rings. The maximum absolute atomic E-state index is 13.0. The lowest BCUT2D eigenvalue weighted by atomic mass is 10.1. The van der Waals surface area contributed by atoms with E-state index in [1.165, 1.54) is 23.9 Å². The molecule has 2 aromatic heterocycles. The van der Waals surface area contributed by atoms with Gasteiger partial charge in [0, 0.05) is 6.07 Å². The first-order valence-corrected chi connectivity index (χ1v) is 8.45. The first kappa shape index (κ1) is 15.5. The summed E-state index contributed by atoms with van der Waals surface area (Å²) in [7, 11) is 0. The van der Waals surface area contributed by atoms with Crippen molar-refractivity contribution in [3.8, 4) is 0 Å². The van der Waals surface area contributed by atoms with Crippen LogP contribution in [-0.4, -0.2) is 35.9 Å². The van der Waals surface area contributed by atoms with E-state index in [1.54, 1.807) is 6.20 Å². The average Bonchev–Trinajstić information content (AvgIpc) is 3.38. The Morgan fingerprint density at radius 2 is 1.96 bits per heavy atom. The van der Waals surface area contributed by atoms with E-state index in [2.05, 4.69) is 25.9 Å². The molecule has 0 spiro atoms. The SMILES string of the molecule is O=C(Nc1ccnn1C1CCCC1)C(c1ccccc1)n1cnnn1. The third-order valence-electron chi connectivity index (χ3n) is 4.59. The Bertz CT molecular complexity index is 822. The normalized spacial score (nSPS) is 16.0. The molecule has 0 radical (unpaired) electrons. The molecule has 1 atom stereocenters. The van der Waals surface area contributed by atoms with Crippen LogP contribution in [0.2, 0.25) is 0 Å². The molecule has 8 nitrogen and oxygen atoms in total. The Morgan fingerprint density at radius 3 is 2.68 bits per heavy atom. The number of hydrogen-bond acceptors (Lipinski definition) is 5.